The van der Waals surface area contributed by atoms with Gasteiger partial charge in [0.25, 0.3) is 5.91 Å². The van der Waals surface area contributed by atoms with Gasteiger partial charge in [-0.2, -0.15) is 0 Å². The first kappa shape index (κ1) is 27.6. The van der Waals surface area contributed by atoms with E-state index in [-0.39, 0.29) is 42.9 Å². The third kappa shape index (κ3) is 4.60. The van der Waals surface area contributed by atoms with Gasteiger partial charge in [-0.25, -0.2) is 0 Å². The monoisotopic (exact) mass is 596 g/mol. The number of benzene rings is 2. The lowest BCUT2D eigenvalue weighted by Gasteiger charge is -2.37. The largest absolute Gasteiger partial charge is 0.465 e. The van der Waals surface area contributed by atoms with Crippen molar-refractivity contribution in [2.24, 2.45) is 11.8 Å². The molecule has 3 aliphatic heterocycles. The van der Waals surface area contributed by atoms with Gasteiger partial charge in [-0.3, -0.25) is 14.4 Å². The van der Waals surface area contributed by atoms with Crippen LogP contribution in [0, 0.1) is 11.8 Å². The van der Waals surface area contributed by atoms with Crippen LogP contribution in [0.1, 0.15) is 19.3 Å². The molecule has 3 aliphatic rings. The molecule has 5 rings (SSSR count). The number of alkyl halides is 1. The molecule has 0 aliphatic carbocycles. The van der Waals surface area contributed by atoms with Crippen molar-refractivity contribution in [2.45, 2.75) is 41.8 Å². The molecule has 39 heavy (non-hydrogen) atoms. The van der Waals surface area contributed by atoms with Crippen molar-refractivity contribution in [1.82, 2.24) is 4.90 Å². The van der Waals surface area contributed by atoms with Gasteiger partial charge in [0.05, 0.1) is 24.5 Å². The maximum atomic E-state index is 14.5. The molecule has 3 fully saturated rings. The number of hydrogen-bond acceptors (Lipinski definition) is 6. The van der Waals surface area contributed by atoms with E-state index in [1.165, 1.54) is 4.90 Å². The Morgan fingerprint density at radius 1 is 1.21 bits per heavy atom. The summed E-state index contributed by atoms with van der Waals surface area (Å²) in [5.41, 5.74) is -0.516. The van der Waals surface area contributed by atoms with Gasteiger partial charge in [0.1, 0.15) is 11.6 Å². The number of hydrogen-bond donors (Lipinski definition) is 1. The van der Waals surface area contributed by atoms with Gasteiger partial charge in [-0.15, -0.1) is 13.2 Å². The Morgan fingerprint density at radius 2 is 1.97 bits per heavy atom. The summed E-state index contributed by atoms with van der Waals surface area (Å²) in [5.74, 6) is -2.80. The first-order chi connectivity index (χ1) is 18.9. The first-order valence-corrected chi connectivity index (χ1v) is 14.2. The number of carbonyl (C=O) groups is 3. The van der Waals surface area contributed by atoms with E-state index in [1.54, 1.807) is 17.1 Å². The Bertz CT molecular complexity index is 1300. The number of halogens is 1. The van der Waals surface area contributed by atoms with Crippen molar-refractivity contribution in [3.05, 3.63) is 67.8 Å². The van der Waals surface area contributed by atoms with Crippen LogP contribution in [0.25, 0.3) is 10.8 Å². The number of aliphatic hydroxyl groups is 1. The Labute approximate surface area is 236 Å². The fraction of sp³-hybridized carbons (Fsp3) is 0.433. The van der Waals surface area contributed by atoms with Crippen molar-refractivity contribution in [3.8, 4) is 0 Å². The lowest BCUT2D eigenvalue weighted by Crippen LogP contribution is -2.57. The van der Waals surface area contributed by atoms with Gasteiger partial charge in [0, 0.05) is 30.2 Å². The third-order valence-corrected chi connectivity index (χ3v) is 8.89. The van der Waals surface area contributed by atoms with Gasteiger partial charge < -0.3 is 24.4 Å². The van der Waals surface area contributed by atoms with Crippen LogP contribution in [-0.2, 0) is 23.9 Å². The van der Waals surface area contributed by atoms with Crippen LogP contribution in [0.15, 0.2) is 67.8 Å². The van der Waals surface area contributed by atoms with Gasteiger partial charge >= 0.3 is 5.97 Å². The number of esters is 1. The summed E-state index contributed by atoms with van der Waals surface area (Å²) in [4.78, 5) is 44.6. The number of rotatable bonds is 11. The normalized spacial score (nSPS) is 28.9. The fourth-order valence-corrected chi connectivity index (χ4v) is 7.39. The van der Waals surface area contributed by atoms with E-state index in [1.807, 2.05) is 42.5 Å². The zero-order chi connectivity index (χ0) is 27.7. The quantitative estimate of drug-likeness (QED) is 0.184. The lowest BCUT2D eigenvalue weighted by molar-refractivity contribution is -0.154. The molecule has 2 bridgehead atoms. The van der Waals surface area contributed by atoms with E-state index < -0.39 is 35.6 Å². The molecule has 1 spiro atoms. The Hall–Kier alpha value is -3.01. The fourth-order valence-electron chi connectivity index (χ4n) is 6.44. The van der Waals surface area contributed by atoms with E-state index in [0.29, 0.717) is 24.9 Å². The minimum Gasteiger partial charge on any atom is -0.465 e. The summed E-state index contributed by atoms with van der Waals surface area (Å²) < 4.78 is 12.0. The molecule has 0 aromatic heterocycles. The first-order valence-electron chi connectivity index (χ1n) is 13.3. The summed E-state index contributed by atoms with van der Waals surface area (Å²) in [6.45, 7) is 7.94. The van der Waals surface area contributed by atoms with Gasteiger partial charge in [0.2, 0.25) is 5.91 Å². The van der Waals surface area contributed by atoms with Crippen molar-refractivity contribution in [2.75, 3.05) is 31.2 Å². The van der Waals surface area contributed by atoms with Gasteiger partial charge in [-0.1, -0.05) is 58.4 Å². The minimum atomic E-state index is -1.19. The predicted molar refractivity (Wildman–Crippen MR) is 151 cm³/mol. The number of amides is 2. The zero-order valence-electron chi connectivity index (χ0n) is 21.7. The van der Waals surface area contributed by atoms with Gasteiger partial charge in [0.15, 0.2) is 0 Å². The predicted octanol–water partition coefficient (Wildman–Crippen LogP) is 3.61. The number of anilines is 1. The Morgan fingerprint density at radius 3 is 2.69 bits per heavy atom. The maximum absolute atomic E-state index is 14.5. The van der Waals surface area contributed by atoms with Crippen LogP contribution < -0.4 is 4.90 Å². The third-order valence-electron chi connectivity index (χ3n) is 8.04. The number of nitrogens with zero attached hydrogens (tertiary/aromatic N) is 2. The number of fused-ring (bicyclic) bond motifs is 2. The molecule has 2 aromatic carbocycles. The van der Waals surface area contributed by atoms with Crippen LogP contribution >= 0.6 is 15.9 Å². The molecule has 2 amide bonds. The summed E-state index contributed by atoms with van der Waals surface area (Å²) in [7, 11) is 0. The molecule has 0 radical (unpaired) electrons. The Balaban J connectivity index is 1.55. The SMILES string of the molecule is C=CCCOC(=O)[C@H]1[C@@H]2OC3(CC2Br)C(C(=O)N(CC=C)c2ccc4ccccc4c2)N(CCCO)C(=O)[C@H]13. The van der Waals surface area contributed by atoms with E-state index in [4.69, 9.17) is 9.47 Å². The highest BCUT2D eigenvalue weighted by molar-refractivity contribution is 9.09. The Kier molecular flexibility index (Phi) is 7.94. The number of likely N-dealkylation sites (tertiary alicyclic amines) is 1. The standard InChI is InChI=1S/C30H33BrN2O6/c1-3-5-16-38-29(37)23-24-27(35)33(14-8-15-34)26(30(24)18-22(31)25(23)39-30)28(36)32(13-4-2)21-12-11-19-9-6-7-10-20(19)17-21/h3-4,6-7,9-12,17,22-26,34H,1-2,5,8,13-16,18H2/t22?,23-,24+,25-,26?,30?/m1/s1. The second-order valence-electron chi connectivity index (χ2n) is 10.3. The highest BCUT2D eigenvalue weighted by Gasteiger charge is 2.77. The molecule has 2 aromatic rings. The topological polar surface area (TPSA) is 96.4 Å². The molecule has 3 saturated heterocycles. The smallest absolute Gasteiger partial charge is 0.312 e. The molecule has 3 unspecified atom stereocenters. The molecule has 0 saturated carbocycles. The van der Waals surface area contributed by atoms with Crippen molar-refractivity contribution in [1.29, 1.82) is 0 Å². The van der Waals surface area contributed by atoms with Crippen LogP contribution in [0.5, 0.6) is 0 Å². The van der Waals surface area contributed by atoms with E-state index in [9.17, 15) is 19.5 Å². The lowest BCUT2D eigenvalue weighted by atomic mass is 9.70. The van der Waals surface area contributed by atoms with Crippen LogP contribution in [0.2, 0.25) is 0 Å². The van der Waals surface area contributed by atoms with Crippen LogP contribution in [-0.4, -0.2) is 76.7 Å². The van der Waals surface area contributed by atoms with E-state index in [2.05, 4.69) is 29.1 Å². The van der Waals surface area contributed by atoms with Crippen molar-refractivity contribution < 1.29 is 29.0 Å². The molecule has 3 heterocycles. The molecule has 206 valence electrons. The number of aliphatic hydroxyl groups excluding tert-OH is 1. The van der Waals surface area contributed by atoms with Crippen molar-refractivity contribution >= 4 is 50.2 Å². The summed E-state index contributed by atoms with van der Waals surface area (Å²) in [5, 5.41) is 11.6. The van der Waals surface area contributed by atoms with Crippen LogP contribution in [0.4, 0.5) is 5.69 Å². The summed E-state index contributed by atoms with van der Waals surface area (Å²) in [6, 6.07) is 12.7. The molecular formula is C30H33BrN2O6. The second kappa shape index (κ2) is 11.2. The highest BCUT2D eigenvalue weighted by Crippen LogP contribution is 2.60. The second-order valence-corrected chi connectivity index (χ2v) is 11.5. The summed E-state index contributed by atoms with van der Waals surface area (Å²) in [6.07, 6.45) is 3.92. The van der Waals surface area contributed by atoms with E-state index >= 15 is 0 Å². The highest BCUT2D eigenvalue weighted by atomic mass is 79.9. The maximum Gasteiger partial charge on any atom is 0.312 e. The van der Waals surface area contributed by atoms with E-state index in [0.717, 1.165) is 10.8 Å². The average Bonchev–Trinajstić information content (AvgIpc) is 3.53. The van der Waals surface area contributed by atoms with Crippen molar-refractivity contribution in [3.63, 3.8) is 0 Å². The minimum absolute atomic E-state index is 0.138. The zero-order valence-corrected chi connectivity index (χ0v) is 23.3. The molecule has 9 heteroatoms. The number of carbonyl (C=O) groups excluding carboxylic acids is 3. The molecule has 6 atom stereocenters. The molecular weight excluding hydrogens is 564 g/mol. The molecule has 8 nitrogen and oxygen atoms in total. The van der Waals surface area contributed by atoms with Crippen LogP contribution in [0.3, 0.4) is 0 Å². The summed E-state index contributed by atoms with van der Waals surface area (Å²) >= 11 is 3.67. The molecule has 1 N–H and O–H groups in total. The number of ether oxygens (including phenoxy) is 2. The average molecular weight is 598 g/mol. The van der Waals surface area contributed by atoms with Gasteiger partial charge in [-0.05, 0) is 42.2 Å².